The summed E-state index contributed by atoms with van der Waals surface area (Å²) in [6, 6.07) is 0. The van der Waals surface area contributed by atoms with Crippen LogP contribution in [0.25, 0.3) is 0 Å². The molecular formula is C7H13ClS. The van der Waals surface area contributed by atoms with Gasteiger partial charge in [-0.05, 0) is 24.5 Å². The number of halogens is 1. The molecule has 9 heavy (non-hydrogen) atoms. The van der Waals surface area contributed by atoms with E-state index in [-0.39, 0.29) is 0 Å². The van der Waals surface area contributed by atoms with Gasteiger partial charge in [0.15, 0.2) is 0 Å². The van der Waals surface area contributed by atoms with Crippen LogP contribution in [-0.4, -0.2) is 6.26 Å². The molecule has 0 unspecified atom stereocenters. The first kappa shape index (κ1) is 9.38. The Morgan fingerprint density at radius 2 is 2.33 bits per heavy atom. The molecule has 0 nitrogen and oxygen atoms in total. The van der Waals surface area contributed by atoms with Crippen molar-refractivity contribution >= 4 is 23.4 Å². The van der Waals surface area contributed by atoms with Crippen LogP contribution in [0.1, 0.15) is 26.2 Å². The average Bonchev–Trinajstić information content (AvgIpc) is 1.85. The molecule has 0 aromatic heterocycles. The summed E-state index contributed by atoms with van der Waals surface area (Å²) < 4.78 is 0. The van der Waals surface area contributed by atoms with Crippen molar-refractivity contribution in [2.75, 3.05) is 6.26 Å². The second kappa shape index (κ2) is 6.50. The van der Waals surface area contributed by atoms with Crippen LogP contribution in [-0.2, 0) is 0 Å². The van der Waals surface area contributed by atoms with Gasteiger partial charge >= 0.3 is 0 Å². The molecule has 0 aromatic carbocycles. The summed E-state index contributed by atoms with van der Waals surface area (Å²) in [4.78, 5) is 0. The van der Waals surface area contributed by atoms with Crippen LogP contribution in [0.3, 0.4) is 0 Å². The molecule has 0 heterocycles. The van der Waals surface area contributed by atoms with Crippen LogP contribution in [0.15, 0.2) is 10.4 Å². The Bertz CT molecular complexity index is 88.9. The normalized spacial score (nSPS) is 12.1. The molecule has 0 saturated carbocycles. The summed E-state index contributed by atoms with van der Waals surface area (Å²) in [7, 11) is 0. The third-order valence-corrected chi connectivity index (χ3v) is 1.96. The standard InChI is InChI=1S/C7H13ClS/c1-3-4-5-7(8)6-9-2/h6H,3-5H2,1-2H3/b7-6+. The Morgan fingerprint density at radius 1 is 1.67 bits per heavy atom. The summed E-state index contributed by atoms with van der Waals surface area (Å²) in [5.41, 5.74) is 0. The number of unbranched alkanes of at least 4 members (excludes halogenated alkanes) is 1. The second-order valence-corrected chi connectivity index (χ2v) is 3.10. The van der Waals surface area contributed by atoms with Gasteiger partial charge in [0.25, 0.3) is 0 Å². The number of allylic oxidation sites excluding steroid dienone is 1. The number of rotatable bonds is 4. The monoisotopic (exact) mass is 164 g/mol. The maximum absolute atomic E-state index is 5.80. The number of thioether (sulfide) groups is 1. The Hall–Kier alpha value is 0.380. The van der Waals surface area contributed by atoms with Crippen molar-refractivity contribution in [1.82, 2.24) is 0 Å². The minimum atomic E-state index is 0.990. The average molecular weight is 165 g/mol. The number of hydrogen-bond donors (Lipinski definition) is 0. The molecule has 2 heteroatoms. The minimum absolute atomic E-state index is 0.990. The number of hydrogen-bond acceptors (Lipinski definition) is 1. The van der Waals surface area contributed by atoms with E-state index in [1.165, 1.54) is 12.8 Å². The highest BCUT2D eigenvalue weighted by Crippen LogP contribution is 2.14. The van der Waals surface area contributed by atoms with Gasteiger partial charge in [-0.3, -0.25) is 0 Å². The Kier molecular flexibility index (Phi) is 6.77. The lowest BCUT2D eigenvalue weighted by Crippen LogP contribution is -1.71. The predicted molar refractivity (Wildman–Crippen MR) is 47.0 cm³/mol. The van der Waals surface area contributed by atoms with Crippen LogP contribution in [0.4, 0.5) is 0 Å². The lowest BCUT2D eigenvalue weighted by molar-refractivity contribution is 0.808. The highest BCUT2D eigenvalue weighted by Gasteiger charge is 1.88. The van der Waals surface area contributed by atoms with Gasteiger partial charge in [-0.1, -0.05) is 24.9 Å². The van der Waals surface area contributed by atoms with Crippen molar-refractivity contribution < 1.29 is 0 Å². The summed E-state index contributed by atoms with van der Waals surface area (Å²) in [6.07, 6.45) is 5.49. The van der Waals surface area contributed by atoms with Crippen LogP contribution in [0, 0.1) is 0 Å². The smallest absolute Gasteiger partial charge is 0.0243 e. The Morgan fingerprint density at radius 3 is 2.78 bits per heavy atom. The third-order valence-electron chi connectivity index (χ3n) is 1.01. The zero-order valence-corrected chi connectivity index (χ0v) is 7.56. The van der Waals surface area contributed by atoms with E-state index in [1.54, 1.807) is 11.8 Å². The maximum atomic E-state index is 5.80. The molecule has 0 fully saturated rings. The molecule has 0 atom stereocenters. The summed E-state index contributed by atoms with van der Waals surface area (Å²) >= 11 is 7.47. The van der Waals surface area contributed by atoms with Gasteiger partial charge in [-0.25, -0.2) is 0 Å². The topological polar surface area (TPSA) is 0 Å². The zero-order chi connectivity index (χ0) is 7.11. The fourth-order valence-corrected chi connectivity index (χ4v) is 1.31. The molecule has 0 aliphatic rings. The van der Waals surface area contributed by atoms with E-state index in [1.807, 2.05) is 11.7 Å². The Balaban J connectivity index is 3.25. The first-order valence-corrected chi connectivity index (χ1v) is 4.85. The van der Waals surface area contributed by atoms with E-state index in [2.05, 4.69) is 6.92 Å². The van der Waals surface area contributed by atoms with Crippen molar-refractivity contribution in [3.05, 3.63) is 10.4 Å². The van der Waals surface area contributed by atoms with Crippen LogP contribution in [0.2, 0.25) is 0 Å². The summed E-state index contributed by atoms with van der Waals surface area (Å²) in [6.45, 7) is 2.17. The highest BCUT2D eigenvalue weighted by atomic mass is 35.5. The molecule has 0 N–H and O–H groups in total. The molecule has 0 aliphatic heterocycles. The maximum Gasteiger partial charge on any atom is 0.0243 e. The van der Waals surface area contributed by atoms with Gasteiger partial charge in [0.2, 0.25) is 0 Å². The molecule has 0 aromatic rings. The molecule has 0 amide bonds. The van der Waals surface area contributed by atoms with Crippen molar-refractivity contribution in [3.8, 4) is 0 Å². The summed E-state index contributed by atoms with van der Waals surface area (Å²) in [5.74, 6) is 0. The van der Waals surface area contributed by atoms with Gasteiger partial charge in [-0.15, -0.1) is 11.8 Å². The lowest BCUT2D eigenvalue weighted by atomic mass is 10.2. The lowest BCUT2D eigenvalue weighted by Gasteiger charge is -1.93. The zero-order valence-electron chi connectivity index (χ0n) is 5.98. The molecule has 0 rings (SSSR count). The summed E-state index contributed by atoms with van der Waals surface area (Å²) in [5, 5.41) is 2.99. The van der Waals surface area contributed by atoms with E-state index >= 15 is 0 Å². The minimum Gasteiger partial charge on any atom is -0.136 e. The first-order valence-electron chi connectivity index (χ1n) is 3.18. The Labute approximate surface area is 66.7 Å². The molecule has 0 spiro atoms. The van der Waals surface area contributed by atoms with Gasteiger partial charge in [0.05, 0.1) is 0 Å². The third kappa shape index (κ3) is 6.26. The first-order chi connectivity index (χ1) is 4.31. The SMILES string of the molecule is CCCC/C(Cl)=C\SC. The van der Waals surface area contributed by atoms with Gasteiger partial charge in [0, 0.05) is 5.03 Å². The van der Waals surface area contributed by atoms with Gasteiger partial charge < -0.3 is 0 Å². The van der Waals surface area contributed by atoms with E-state index < -0.39 is 0 Å². The van der Waals surface area contributed by atoms with Crippen molar-refractivity contribution in [2.45, 2.75) is 26.2 Å². The highest BCUT2D eigenvalue weighted by molar-refractivity contribution is 8.01. The van der Waals surface area contributed by atoms with Crippen molar-refractivity contribution in [2.24, 2.45) is 0 Å². The molecular weight excluding hydrogens is 152 g/mol. The van der Waals surface area contributed by atoms with Gasteiger partial charge in [0.1, 0.15) is 0 Å². The fourth-order valence-electron chi connectivity index (χ4n) is 0.532. The van der Waals surface area contributed by atoms with Crippen LogP contribution in [0.5, 0.6) is 0 Å². The van der Waals surface area contributed by atoms with Gasteiger partial charge in [-0.2, -0.15) is 0 Å². The fraction of sp³-hybridized carbons (Fsp3) is 0.714. The van der Waals surface area contributed by atoms with Crippen LogP contribution < -0.4 is 0 Å². The molecule has 0 aliphatic carbocycles. The van der Waals surface area contributed by atoms with Crippen molar-refractivity contribution in [3.63, 3.8) is 0 Å². The van der Waals surface area contributed by atoms with Crippen LogP contribution >= 0.6 is 23.4 Å². The largest absolute Gasteiger partial charge is 0.136 e. The predicted octanol–water partition coefficient (Wildman–Crippen LogP) is 3.62. The van der Waals surface area contributed by atoms with Crippen molar-refractivity contribution in [1.29, 1.82) is 0 Å². The molecule has 54 valence electrons. The van der Waals surface area contributed by atoms with E-state index in [0.29, 0.717) is 0 Å². The quantitative estimate of drug-likeness (QED) is 0.612. The van der Waals surface area contributed by atoms with E-state index in [9.17, 15) is 0 Å². The second-order valence-electron chi connectivity index (χ2n) is 1.90. The van der Waals surface area contributed by atoms with E-state index in [0.717, 1.165) is 11.5 Å². The van der Waals surface area contributed by atoms with E-state index in [4.69, 9.17) is 11.6 Å². The molecule has 0 saturated heterocycles. The molecule has 0 bridgehead atoms. The molecule has 0 radical (unpaired) electrons.